The normalized spacial score (nSPS) is 15.4. The van der Waals surface area contributed by atoms with Gasteiger partial charge in [0.1, 0.15) is 11.6 Å². The Morgan fingerprint density at radius 2 is 1.43 bits per heavy atom. The van der Waals surface area contributed by atoms with Crippen LogP contribution in [0.15, 0.2) is 78.9 Å². The largest absolute Gasteiger partial charge is 0.338 e. The van der Waals surface area contributed by atoms with Gasteiger partial charge in [0.15, 0.2) is 0 Å². The highest BCUT2D eigenvalue weighted by Crippen LogP contribution is 2.27. The number of H-pyrrole nitrogens is 2. The Bertz CT molecular complexity index is 1460. The molecule has 4 heteroatoms. The summed E-state index contributed by atoms with van der Waals surface area (Å²) in [4.78, 5) is 16.5. The molecule has 0 bridgehead atoms. The number of aromatic nitrogens is 4. The van der Waals surface area contributed by atoms with Crippen molar-refractivity contribution in [2.45, 2.75) is 12.3 Å². The lowest BCUT2D eigenvalue weighted by atomic mass is 9.92. The van der Waals surface area contributed by atoms with Crippen LogP contribution in [0.3, 0.4) is 0 Å². The molecular formula is C26H20N4. The van der Waals surface area contributed by atoms with Gasteiger partial charge >= 0.3 is 0 Å². The van der Waals surface area contributed by atoms with Crippen molar-refractivity contribution in [3.63, 3.8) is 0 Å². The van der Waals surface area contributed by atoms with Crippen molar-refractivity contribution in [2.75, 3.05) is 0 Å². The van der Waals surface area contributed by atoms with Gasteiger partial charge in [-0.05, 0) is 24.1 Å². The SMILES string of the molecule is C1=c2nc(-c3ccccc3)[nH]c2=CC(c2ccc3nc(-c4ccccc4)[nH]c3c2)C1. The standard InChI is InChI=1S/C26H20N4/c1-3-7-17(8-4-1)25-27-21-13-11-19(15-23(21)29-25)20-12-14-22-24(16-20)30-26(28-22)18-9-5-2-6-10-18/h1-11,13-16,20H,12H2,(H,27,29)(H,28,30). The number of nitrogens with zero attached hydrogens (tertiary/aromatic N) is 2. The minimum absolute atomic E-state index is 0.314. The van der Waals surface area contributed by atoms with E-state index < -0.39 is 0 Å². The van der Waals surface area contributed by atoms with Crippen molar-refractivity contribution in [3.05, 3.63) is 95.1 Å². The van der Waals surface area contributed by atoms with E-state index in [4.69, 9.17) is 9.97 Å². The number of hydrogen-bond acceptors (Lipinski definition) is 2. The zero-order valence-corrected chi connectivity index (χ0v) is 16.3. The molecule has 4 nitrogen and oxygen atoms in total. The highest BCUT2D eigenvalue weighted by Gasteiger charge is 2.15. The molecule has 1 unspecified atom stereocenters. The van der Waals surface area contributed by atoms with Gasteiger partial charge in [-0.1, -0.05) is 78.9 Å². The first-order valence-corrected chi connectivity index (χ1v) is 10.2. The number of aromatic amines is 2. The maximum atomic E-state index is 4.78. The molecule has 144 valence electrons. The summed E-state index contributed by atoms with van der Waals surface area (Å²) in [6, 6.07) is 27.0. The molecule has 0 fully saturated rings. The summed E-state index contributed by atoms with van der Waals surface area (Å²) in [5.41, 5.74) is 5.55. The third-order valence-electron chi connectivity index (χ3n) is 5.72. The first-order valence-electron chi connectivity index (χ1n) is 10.2. The van der Waals surface area contributed by atoms with E-state index in [0.717, 1.165) is 50.9 Å². The molecule has 5 aromatic rings. The van der Waals surface area contributed by atoms with Gasteiger partial charge in [-0.2, -0.15) is 0 Å². The van der Waals surface area contributed by atoms with Crippen LogP contribution in [0.25, 0.3) is 46.0 Å². The number of hydrogen-bond donors (Lipinski definition) is 2. The molecule has 0 radical (unpaired) electrons. The van der Waals surface area contributed by atoms with E-state index in [1.165, 1.54) is 5.56 Å². The minimum atomic E-state index is 0.314. The van der Waals surface area contributed by atoms with Gasteiger partial charge in [-0.3, -0.25) is 0 Å². The van der Waals surface area contributed by atoms with Gasteiger partial charge in [0, 0.05) is 17.0 Å². The van der Waals surface area contributed by atoms with Crippen LogP contribution in [0.4, 0.5) is 0 Å². The van der Waals surface area contributed by atoms with Crippen molar-refractivity contribution >= 4 is 23.2 Å². The van der Waals surface area contributed by atoms with Gasteiger partial charge in [-0.15, -0.1) is 0 Å². The van der Waals surface area contributed by atoms with E-state index in [-0.39, 0.29) is 0 Å². The second kappa shape index (κ2) is 6.85. The summed E-state index contributed by atoms with van der Waals surface area (Å²) in [6.07, 6.45) is 5.47. The minimum Gasteiger partial charge on any atom is -0.338 e. The summed E-state index contributed by atoms with van der Waals surface area (Å²) in [5, 5.41) is 2.14. The van der Waals surface area contributed by atoms with Gasteiger partial charge in [0.25, 0.3) is 0 Å². The van der Waals surface area contributed by atoms with Crippen LogP contribution >= 0.6 is 0 Å². The molecular weight excluding hydrogens is 368 g/mol. The molecule has 6 rings (SSSR count). The number of benzene rings is 3. The van der Waals surface area contributed by atoms with E-state index >= 15 is 0 Å². The van der Waals surface area contributed by atoms with Crippen LogP contribution in [-0.2, 0) is 0 Å². The predicted octanol–water partition coefficient (Wildman–Crippen LogP) is 4.37. The van der Waals surface area contributed by atoms with Crippen molar-refractivity contribution in [3.8, 4) is 22.8 Å². The van der Waals surface area contributed by atoms with E-state index in [1.807, 2.05) is 36.4 Å². The smallest absolute Gasteiger partial charge is 0.138 e. The Kier molecular flexibility index (Phi) is 3.88. The third kappa shape index (κ3) is 2.94. The quantitative estimate of drug-likeness (QED) is 0.482. The van der Waals surface area contributed by atoms with Gasteiger partial charge in [-0.25, -0.2) is 9.97 Å². The highest BCUT2D eigenvalue weighted by molar-refractivity contribution is 5.80. The summed E-state index contributed by atoms with van der Waals surface area (Å²) in [7, 11) is 0. The fourth-order valence-corrected chi connectivity index (χ4v) is 4.15. The Morgan fingerprint density at radius 3 is 2.17 bits per heavy atom. The maximum absolute atomic E-state index is 4.78. The Hall–Kier alpha value is -3.92. The molecule has 2 aromatic heterocycles. The van der Waals surface area contributed by atoms with Crippen LogP contribution in [0.2, 0.25) is 0 Å². The number of rotatable bonds is 3. The third-order valence-corrected chi connectivity index (χ3v) is 5.72. The number of imidazole rings is 2. The summed E-state index contributed by atoms with van der Waals surface area (Å²) in [5.74, 6) is 2.14. The number of fused-ring (bicyclic) bond motifs is 2. The zero-order chi connectivity index (χ0) is 19.9. The van der Waals surface area contributed by atoms with Crippen molar-refractivity contribution in [2.24, 2.45) is 0 Å². The van der Waals surface area contributed by atoms with E-state index in [9.17, 15) is 0 Å². The van der Waals surface area contributed by atoms with Crippen molar-refractivity contribution in [1.82, 2.24) is 19.9 Å². The van der Waals surface area contributed by atoms with Crippen molar-refractivity contribution < 1.29 is 0 Å². The van der Waals surface area contributed by atoms with Gasteiger partial charge in [0.05, 0.1) is 21.7 Å². The van der Waals surface area contributed by atoms with E-state index in [2.05, 4.69) is 64.6 Å². The lowest BCUT2D eigenvalue weighted by molar-refractivity contribution is 0.914. The molecule has 2 N–H and O–H groups in total. The lowest BCUT2D eigenvalue weighted by Crippen LogP contribution is -2.28. The fourth-order valence-electron chi connectivity index (χ4n) is 4.15. The van der Waals surface area contributed by atoms with Gasteiger partial charge in [0.2, 0.25) is 0 Å². The van der Waals surface area contributed by atoms with Crippen LogP contribution in [0.1, 0.15) is 17.9 Å². The fraction of sp³-hybridized carbons (Fsp3) is 0.0769. The summed E-state index contributed by atoms with van der Waals surface area (Å²) in [6.45, 7) is 0. The molecule has 1 aliphatic carbocycles. The van der Waals surface area contributed by atoms with E-state index in [1.54, 1.807) is 0 Å². The second-order valence-electron chi connectivity index (χ2n) is 7.69. The molecule has 2 heterocycles. The first kappa shape index (κ1) is 17.0. The van der Waals surface area contributed by atoms with E-state index in [0.29, 0.717) is 5.92 Å². The first-order chi connectivity index (χ1) is 14.8. The van der Waals surface area contributed by atoms with Crippen LogP contribution < -0.4 is 10.7 Å². The molecule has 1 aliphatic rings. The molecule has 3 aromatic carbocycles. The zero-order valence-electron chi connectivity index (χ0n) is 16.3. The molecule has 0 aliphatic heterocycles. The Balaban J connectivity index is 1.36. The average molecular weight is 388 g/mol. The van der Waals surface area contributed by atoms with Crippen molar-refractivity contribution in [1.29, 1.82) is 0 Å². The van der Waals surface area contributed by atoms with Crippen LogP contribution in [-0.4, -0.2) is 19.9 Å². The van der Waals surface area contributed by atoms with Crippen LogP contribution in [0.5, 0.6) is 0 Å². The lowest BCUT2D eigenvalue weighted by Gasteiger charge is -2.12. The topological polar surface area (TPSA) is 57.4 Å². The summed E-state index contributed by atoms with van der Waals surface area (Å²) < 4.78 is 0. The molecule has 0 saturated heterocycles. The summed E-state index contributed by atoms with van der Waals surface area (Å²) >= 11 is 0. The number of nitrogens with one attached hydrogen (secondary N) is 2. The average Bonchev–Trinajstić information content (AvgIpc) is 3.43. The molecule has 1 atom stereocenters. The van der Waals surface area contributed by atoms with Crippen LogP contribution in [0, 0.1) is 0 Å². The Labute approximate surface area is 173 Å². The molecule has 0 spiro atoms. The maximum Gasteiger partial charge on any atom is 0.138 e. The molecule has 30 heavy (non-hydrogen) atoms. The Morgan fingerprint density at radius 1 is 0.733 bits per heavy atom. The monoisotopic (exact) mass is 388 g/mol. The van der Waals surface area contributed by atoms with Gasteiger partial charge < -0.3 is 9.97 Å². The molecule has 0 amide bonds. The predicted molar refractivity (Wildman–Crippen MR) is 121 cm³/mol. The highest BCUT2D eigenvalue weighted by atomic mass is 14.9. The molecule has 0 saturated carbocycles. The second-order valence-corrected chi connectivity index (χ2v) is 7.69.